The van der Waals surface area contributed by atoms with Gasteiger partial charge in [-0.1, -0.05) is 0 Å². The predicted octanol–water partition coefficient (Wildman–Crippen LogP) is 2.36. The summed E-state index contributed by atoms with van der Waals surface area (Å²) in [5.41, 5.74) is 0.803. The number of imidazole rings is 1. The van der Waals surface area contributed by atoms with Crippen LogP contribution in [0.25, 0.3) is 0 Å². The summed E-state index contributed by atoms with van der Waals surface area (Å²) in [5, 5.41) is 0. The Bertz CT molecular complexity index is 800. The normalized spacial score (nSPS) is 20.4. The third kappa shape index (κ3) is 3.16. The highest BCUT2D eigenvalue weighted by atomic mass is 19.1. The van der Waals surface area contributed by atoms with E-state index in [4.69, 9.17) is 4.74 Å². The fourth-order valence-electron chi connectivity index (χ4n) is 3.56. The molecule has 25 heavy (non-hydrogen) atoms. The molecule has 1 aromatic carbocycles. The predicted molar refractivity (Wildman–Crippen MR) is 86.4 cm³/mol. The van der Waals surface area contributed by atoms with E-state index in [1.54, 1.807) is 11.1 Å². The molecule has 4 rings (SSSR count). The second-order valence-electron chi connectivity index (χ2n) is 6.50. The van der Waals surface area contributed by atoms with E-state index in [1.807, 2.05) is 4.57 Å². The summed E-state index contributed by atoms with van der Waals surface area (Å²) in [7, 11) is 0. The molecule has 7 heteroatoms. The Kier molecular flexibility index (Phi) is 4.25. The number of carbonyl (C=O) groups excluding carboxylic acids is 1. The van der Waals surface area contributed by atoms with Crippen molar-refractivity contribution in [1.29, 1.82) is 0 Å². The summed E-state index contributed by atoms with van der Waals surface area (Å²) in [6, 6.07) is 3.56. The van der Waals surface area contributed by atoms with Crippen molar-refractivity contribution in [2.45, 2.75) is 25.3 Å². The molecule has 0 saturated carbocycles. The van der Waals surface area contributed by atoms with E-state index >= 15 is 0 Å². The molecular weight excluding hydrogens is 328 g/mol. The van der Waals surface area contributed by atoms with E-state index in [1.165, 1.54) is 12.1 Å². The molecule has 0 N–H and O–H groups in total. The molecule has 3 heterocycles. The minimum absolute atomic E-state index is 0.0984. The van der Waals surface area contributed by atoms with Crippen LogP contribution >= 0.6 is 0 Å². The Labute approximate surface area is 144 Å². The lowest BCUT2D eigenvalue weighted by atomic mass is 9.91. The monoisotopic (exact) mass is 347 g/mol. The summed E-state index contributed by atoms with van der Waals surface area (Å²) in [5.74, 6) is -0.220. The SMILES string of the molecule is O=C(c1cn2c(n1)CC[C@@H](c1cc(F)ccc1F)C2)N1CCOCC1. The summed E-state index contributed by atoms with van der Waals surface area (Å²) in [6.07, 6.45) is 3.05. The lowest BCUT2D eigenvalue weighted by Crippen LogP contribution is -2.40. The highest BCUT2D eigenvalue weighted by Gasteiger charge is 2.27. The van der Waals surface area contributed by atoms with Gasteiger partial charge in [-0.3, -0.25) is 4.79 Å². The van der Waals surface area contributed by atoms with Gasteiger partial charge in [0.25, 0.3) is 5.91 Å². The molecule has 2 aliphatic rings. The summed E-state index contributed by atoms with van der Waals surface area (Å²) in [6.45, 7) is 2.72. The molecule has 0 bridgehead atoms. The van der Waals surface area contributed by atoms with Crippen molar-refractivity contribution < 1.29 is 18.3 Å². The van der Waals surface area contributed by atoms with E-state index < -0.39 is 5.82 Å². The van der Waals surface area contributed by atoms with Crippen LogP contribution in [0.4, 0.5) is 8.78 Å². The molecule has 1 atom stereocenters. The zero-order valence-electron chi connectivity index (χ0n) is 13.8. The van der Waals surface area contributed by atoms with Gasteiger partial charge in [0.05, 0.1) is 13.2 Å². The largest absolute Gasteiger partial charge is 0.378 e. The van der Waals surface area contributed by atoms with Crippen LogP contribution in [0.1, 0.15) is 34.2 Å². The third-order valence-electron chi connectivity index (χ3n) is 4.91. The van der Waals surface area contributed by atoms with Gasteiger partial charge in [0.2, 0.25) is 0 Å². The third-order valence-corrected chi connectivity index (χ3v) is 4.91. The summed E-state index contributed by atoms with van der Waals surface area (Å²) in [4.78, 5) is 18.7. The van der Waals surface area contributed by atoms with Gasteiger partial charge in [-0.15, -0.1) is 0 Å². The van der Waals surface area contributed by atoms with Crippen LogP contribution in [-0.2, 0) is 17.7 Å². The van der Waals surface area contributed by atoms with Gasteiger partial charge < -0.3 is 14.2 Å². The van der Waals surface area contributed by atoms with E-state index in [0.717, 1.165) is 11.9 Å². The first-order valence-corrected chi connectivity index (χ1v) is 8.50. The summed E-state index contributed by atoms with van der Waals surface area (Å²) < 4.78 is 34.7. The molecule has 5 nitrogen and oxygen atoms in total. The Hall–Kier alpha value is -2.28. The number of fused-ring (bicyclic) bond motifs is 1. The van der Waals surface area contributed by atoms with Crippen molar-refractivity contribution in [1.82, 2.24) is 14.5 Å². The molecule has 1 amide bonds. The van der Waals surface area contributed by atoms with E-state index in [2.05, 4.69) is 4.98 Å². The number of aryl methyl sites for hydroxylation is 1. The van der Waals surface area contributed by atoms with Crippen molar-refractivity contribution in [3.05, 3.63) is 53.1 Å². The Morgan fingerprint density at radius 3 is 2.84 bits per heavy atom. The number of hydrogen-bond donors (Lipinski definition) is 0. The topological polar surface area (TPSA) is 47.4 Å². The molecule has 1 aromatic heterocycles. The number of morpholine rings is 1. The highest BCUT2D eigenvalue weighted by Crippen LogP contribution is 2.31. The molecule has 0 unspecified atom stereocenters. The van der Waals surface area contributed by atoms with Gasteiger partial charge in [0.15, 0.2) is 0 Å². The quantitative estimate of drug-likeness (QED) is 0.838. The van der Waals surface area contributed by atoms with Gasteiger partial charge in [0.1, 0.15) is 23.2 Å². The maximum atomic E-state index is 14.0. The molecule has 2 aliphatic heterocycles. The van der Waals surface area contributed by atoms with Crippen LogP contribution in [0.2, 0.25) is 0 Å². The number of benzene rings is 1. The first-order chi connectivity index (χ1) is 12.1. The summed E-state index contributed by atoms with van der Waals surface area (Å²) >= 11 is 0. The van der Waals surface area contributed by atoms with Crippen molar-refractivity contribution in [2.24, 2.45) is 0 Å². The molecule has 1 saturated heterocycles. The van der Waals surface area contributed by atoms with Crippen molar-refractivity contribution in [3.8, 4) is 0 Å². The van der Waals surface area contributed by atoms with E-state index in [-0.39, 0.29) is 17.6 Å². The minimum Gasteiger partial charge on any atom is -0.378 e. The van der Waals surface area contributed by atoms with Gasteiger partial charge in [-0.05, 0) is 30.2 Å². The molecule has 0 spiro atoms. The van der Waals surface area contributed by atoms with E-state index in [9.17, 15) is 13.6 Å². The molecule has 0 aliphatic carbocycles. The number of halogens is 2. The standard InChI is InChI=1S/C18H19F2N3O2/c19-13-2-3-15(20)14(9-13)12-1-4-17-21-16(11-23(17)10-12)18(24)22-5-7-25-8-6-22/h2-3,9,11-12H,1,4-8,10H2/t12-/m1/s1. The molecule has 0 radical (unpaired) electrons. The number of amides is 1. The number of hydrogen-bond acceptors (Lipinski definition) is 3. The second-order valence-corrected chi connectivity index (χ2v) is 6.50. The second kappa shape index (κ2) is 6.55. The Morgan fingerprint density at radius 2 is 2.04 bits per heavy atom. The number of rotatable bonds is 2. The van der Waals surface area contributed by atoms with Crippen LogP contribution < -0.4 is 0 Å². The number of aromatic nitrogens is 2. The van der Waals surface area contributed by atoms with Crippen LogP contribution in [0, 0.1) is 11.6 Å². The fraction of sp³-hybridized carbons (Fsp3) is 0.444. The lowest BCUT2D eigenvalue weighted by molar-refractivity contribution is 0.0299. The number of nitrogens with zero attached hydrogens (tertiary/aromatic N) is 3. The maximum absolute atomic E-state index is 14.0. The zero-order valence-corrected chi connectivity index (χ0v) is 13.8. The van der Waals surface area contributed by atoms with Gasteiger partial charge >= 0.3 is 0 Å². The molecule has 1 fully saturated rings. The van der Waals surface area contributed by atoms with Gasteiger partial charge in [-0.2, -0.15) is 0 Å². The van der Waals surface area contributed by atoms with Crippen molar-refractivity contribution in [3.63, 3.8) is 0 Å². The van der Waals surface area contributed by atoms with Crippen LogP contribution in [0.5, 0.6) is 0 Å². The van der Waals surface area contributed by atoms with Crippen molar-refractivity contribution >= 4 is 5.91 Å². The molecular formula is C18H19F2N3O2. The number of ether oxygens (including phenoxy) is 1. The van der Waals surface area contributed by atoms with Crippen LogP contribution in [0.3, 0.4) is 0 Å². The fourth-order valence-corrected chi connectivity index (χ4v) is 3.56. The first kappa shape index (κ1) is 16.2. The van der Waals surface area contributed by atoms with Crippen LogP contribution in [-0.4, -0.2) is 46.7 Å². The van der Waals surface area contributed by atoms with Crippen molar-refractivity contribution in [2.75, 3.05) is 26.3 Å². The minimum atomic E-state index is -0.434. The smallest absolute Gasteiger partial charge is 0.274 e. The molecule has 132 valence electrons. The number of carbonyl (C=O) groups is 1. The molecule has 2 aromatic rings. The average molecular weight is 347 g/mol. The maximum Gasteiger partial charge on any atom is 0.274 e. The van der Waals surface area contributed by atoms with Gasteiger partial charge in [0, 0.05) is 38.2 Å². The van der Waals surface area contributed by atoms with Gasteiger partial charge in [-0.25, -0.2) is 13.8 Å². The van der Waals surface area contributed by atoms with Crippen LogP contribution in [0.15, 0.2) is 24.4 Å². The van der Waals surface area contributed by atoms with E-state index in [0.29, 0.717) is 56.9 Å². The Balaban J connectivity index is 1.54. The Morgan fingerprint density at radius 1 is 1.24 bits per heavy atom. The first-order valence-electron chi connectivity index (χ1n) is 8.50. The average Bonchev–Trinajstić information content (AvgIpc) is 3.07. The zero-order chi connectivity index (χ0) is 17.4. The highest BCUT2D eigenvalue weighted by molar-refractivity contribution is 5.92. The lowest BCUT2D eigenvalue weighted by Gasteiger charge is -2.25.